The normalized spacial score (nSPS) is 15.6. The molecular formula is C15H14S. The van der Waals surface area contributed by atoms with Gasteiger partial charge in [0.1, 0.15) is 0 Å². The highest BCUT2D eigenvalue weighted by Gasteiger charge is 2.22. The lowest BCUT2D eigenvalue weighted by Gasteiger charge is -2.12. The number of thiophene rings is 1. The van der Waals surface area contributed by atoms with Gasteiger partial charge in [0.25, 0.3) is 0 Å². The van der Waals surface area contributed by atoms with Crippen molar-refractivity contribution in [1.82, 2.24) is 0 Å². The van der Waals surface area contributed by atoms with Gasteiger partial charge in [0.05, 0.1) is 0 Å². The summed E-state index contributed by atoms with van der Waals surface area (Å²) in [6.07, 6.45) is 0. The SMILES string of the molecule is CC1=c2ccccc2=C(C)C1c1cccs1. The minimum Gasteiger partial charge on any atom is -0.148 e. The van der Waals surface area contributed by atoms with Crippen molar-refractivity contribution in [2.45, 2.75) is 19.8 Å². The van der Waals surface area contributed by atoms with E-state index in [1.807, 2.05) is 11.3 Å². The highest BCUT2D eigenvalue weighted by atomic mass is 32.1. The van der Waals surface area contributed by atoms with E-state index in [1.165, 1.54) is 26.5 Å². The van der Waals surface area contributed by atoms with Crippen molar-refractivity contribution in [2.24, 2.45) is 0 Å². The van der Waals surface area contributed by atoms with Gasteiger partial charge >= 0.3 is 0 Å². The molecule has 1 aliphatic carbocycles. The van der Waals surface area contributed by atoms with Crippen LogP contribution in [-0.4, -0.2) is 0 Å². The van der Waals surface area contributed by atoms with E-state index >= 15 is 0 Å². The first-order chi connectivity index (χ1) is 7.79. The number of rotatable bonds is 1. The number of hydrogen-bond donors (Lipinski definition) is 0. The Morgan fingerprint density at radius 2 is 1.50 bits per heavy atom. The largest absolute Gasteiger partial charge is 0.148 e. The van der Waals surface area contributed by atoms with Crippen molar-refractivity contribution in [3.63, 3.8) is 0 Å². The number of benzene rings is 1. The summed E-state index contributed by atoms with van der Waals surface area (Å²) in [7, 11) is 0. The van der Waals surface area contributed by atoms with E-state index in [4.69, 9.17) is 0 Å². The predicted molar refractivity (Wildman–Crippen MR) is 70.9 cm³/mol. The van der Waals surface area contributed by atoms with Gasteiger partial charge in [-0.1, -0.05) is 41.5 Å². The van der Waals surface area contributed by atoms with Crippen LogP contribution in [0, 0.1) is 0 Å². The summed E-state index contributed by atoms with van der Waals surface area (Å²) in [5.74, 6) is 0.511. The third-order valence-corrected chi connectivity index (χ3v) is 4.41. The molecule has 0 radical (unpaired) electrons. The van der Waals surface area contributed by atoms with Crippen molar-refractivity contribution in [2.75, 3.05) is 0 Å². The second-order valence-electron chi connectivity index (χ2n) is 4.36. The van der Waals surface area contributed by atoms with E-state index in [-0.39, 0.29) is 0 Å². The Morgan fingerprint density at radius 1 is 0.875 bits per heavy atom. The summed E-state index contributed by atoms with van der Waals surface area (Å²) >= 11 is 1.86. The Bertz CT molecular complexity index is 591. The van der Waals surface area contributed by atoms with Crippen LogP contribution in [0.15, 0.2) is 41.8 Å². The lowest BCUT2D eigenvalue weighted by molar-refractivity contribution is 1.15. The minimum absolute atomic E-state index is 0.511. The molecule has 0 bridgehead atoms. The maximum atomic E-state index is 2.26. The fourth-order valence-electron chi connectivity index (χ4n) is 2.69. The monoisotopic (exact) mass is 226 g/mol. The van der Waals surface area contributed by atoms with Gasteiger partial charge in [0.2, 0.25) is 0 Å². The molecule has 1 heteroatoms. The first kappa shape index (κ1) is 9.86. The van der Waals surface area contributed by atoms with Gasteiger partial charge in [-0.25, -0.2) is 0 Å². The lowest BCUT2D eigenvalue weighted by atomic mass is 9.95. The van der Waals surface area contributed by atoms with E-state index in [1.54, 1.807) is 0 Å². The summed E-state index contributed by atoms with van der Waals surface area (Å²) in [6, 6.07) is 13.1. The van der Waals surface area contributed by atoms with Crippen molar-refractivity contribution in [1.29, 1.82) is 0 Å². The molecule has 80 valence electrons. The smallest absolute Gasteiger partial charge is 0.0364 e. The van der Waals surface area contributed by atoms with Crippen LogP contribution in [-0.2, 0) is 0 Å². The summed E-state index contributed by atoms with van der Waals surface area (Å²) < 4.78 is 0. The third kappa shape index (κ3) is 1.28. The molecule has 1 aromatic heterocycles. The Balaban J connectivity index is 2.32. The molecule has 1 aliphatic rings. The van der Waals surface area contributed by atoms with Gasteiger partial charge in [0, 0.05) is 10.8 Å². The predicted octanol–water partition coefficient (Wildman–Crippen LogP) is 2.89. The topological polar surface area (TPSA) is 0 Å². The van der Waals surface area contributed by atoms with Crippen LogP contribution in [0.4, 0.5) is 0 Å². The molecule has 16 heavy (non-hydrogen) atoms. The molecule has 0 saturated carbocycles. The zero-order chi connectivity index (χ0) is 11.1. The molecule has 1 aromatic carbocycles. The van der Waals surface area contributed by atoms with Crippen molar-refractivity contribution >= 4 is 22.5 Å². The van der Waals surface area contributed by atoms with Crippen LogP contribution in [0.25, 0.3) is 11.1 Å². The molecule has 0 fully saturated rings. The second-order valence-corrected chi connectivity index (χ2v) is 5.34. The van der Waals surface area contributed by atoms with E-state index in [2.05, 4.69) is 55.6 Å². The van der Waals surface area contributed by atoms with E-state index in [0.29, 0.717) is 5.92 Å². The van der Waals surface area contributed by atoms with Gasteiger partial charge < -0.3 is 0 Å². The average Bonchev–Trinajstić information content (AvgIpc) is 2.89. The molecule has 0 N–H and O–H groups in total. The van der Waals surface area contributed by atoms with Crippen molar-refractivity contribution < 1.29 is 0 Å². The maximum absolute atomic E-state index is 2.26. The number of fused-ring (bicyclic) bond motifs is 1. The molecule has 0 spiro atoms. The number of hydrogen-bond acceptors (Lipinski definition) is 1. The highest BCUT2D eigenvalue weighted by molar-refractivity contribution is 7.10. The molecule has 0 saturated heterocycles. The molecular weight excluding hydrogens is 212 g/mol. The molecule has 0 unspecified atom stereocenters. The molecule has 2 aromatic rings. The van der Waals surface area contributed by atoms with E-state index < -0.39 is 0 Å². The lowest BCUT2D eigenvalue weighted by Crippen LogP contribution is -2.22. The Labute approximate surface area is 99.6 Å². The van der Waals surface area contributed by atoms with Crippen LogP contribution >= 0.6 is 11.3 Å². The summed E-state index contributed by atoms with van der Waals surface area (Å²) in [5.41, 5.74) is 2.99. The van der Waals surface area contributed by atoms with Crippen LogP contribution in [0.3, 0.4) is 0 Å². The molecule has 0 amide bonds. The fourth-order valence-corrected chi connectivity index (χ4v) is 3.65. The quantitative estimate of drug-likeness (QED) is 0.701. The highest BCUT2D eigenvalue weighted by Crippen LogP contribution is 2.36. The second kappa shape index (κ2) is 3.60. The molecule has 1 heterocycles. The van der Waals surface area contributed by atoms with Gasteiger partial charge in [0.15, 0.2) is 0 Å². The van der Waals surface area contributed by atoms with Crippen LogP contribution in [0.2, 0.25) is 0 Å². The average molecular weight is 226 g/mol. The summed E-state index contributed by atoms with van der Waals surface area (Å²) in [5, 5.41) is 5.02. The van der Waals surface area contributed by atoms with Crippen LogP contribution < -0.4 is 10.4 Å². The van der Waals surface area contributed by atoms with Crippen LogP contribution in [0.1, 0.15) is 24.6 Å². The van der Waals surface area contributed by atoms with E-state index in [0.717, 1.165) is 0 Å². The van der Waals surface area contributed by atoms with Gasteiger partial charge in [-0.05, 0) is 35.7 Å². The summed E-state index contributed by atoms with van der Waals surface area (Å²) in [4.78, 5) is 1.46. The van der Waals surface area contributed by atoms with Crippen molar-refractivity contribution in [3.05, 3.63) is 57.1 Å². The first-order valence-corrected chi connectivity index (χ1v) is 6.47. The molecule has 0 nitrogen and oxygen atoms in total. The zero-order valence-corrected chi connectivity index (χ0v) is 10.3. The van der Waals surface area contributed by atoms with Gasteiger partial charge in [-0.15, -0.1) is 11.3 Å². The Morgan fingerprint density at radius 3 is 2.00 bits per heavy atom. The Kier molecular flexibility index (Phi) is 2.22. The fraction of sp³-hybridized carbons (Fsp3) is 0.200. The first-order valence-electron chi connectivity index (χ1n) is 5.59. The molecule has 0 aliphatic heterocycles. The van der Waals surface area contributed by atoms with Crippen molar-refractivity contribution in [3.8, 4) is 0 Å². The summed E-state index contributed by atoms with van der Waals surface area (Å²) in [6.45, 7) is 4.53. The van der Waals surface area contributed by atoms with E-state index in [9.17, 15) is 0 Å². The zero-order valence-electron chi connectivity index (χ0n) is 9.53. The standard InChI is InChI=1S/C15H14S/c1-10-12-6-3-4-7-13(12)11(2)15(10)14-8-5-9-16-14/h3-9,15H,1-2H3. The third-order valence-electron chi connectivity index (χ3n) is 3.47. The molecule has 3 rings (SSSR count). The van der Waals surface area contributed by atoms with Gasteiger partial charge in [-0.3, -0.25) is 0 Å². The van der Waals surface area contributed by atoms with Gasteiger partial charge in [-0.2, -0.15) is 0 Å². The maximum Gasteiger partial charge on any atom is 0.0364 e. The Hall–Kier alpha value is -1.34. The molecule has 0 atom stereocenters. The van der Waals surface area contributed by atoms with Crippen LogP contribution in [0.5, 0.6) is 0 Å². The minimum atomic E-state index is 0.511.